The highest BCUT2D eigenvalue weighted by molar-refractivity contribution is 6.36. The monoisotopic (exact) mass is 314 g/mol. The van der Waals surface area contributed by atoms with E-state index < -0.39 is 0 Å². The van der Waals surface area contributed by atoms with E-state index in [-0.39, 0.29) is 12.5 Å². The predicted molar refractivity (Wildman–Crippen MR) is 88.3 cm³/mol. The van der Waals surface area contributed by atoms with E-state index in [4.69, 9.17) is 16.3 Å². The fourth-order valence-corrected chi connectivity index (χ4v) is 2.74. The predicted octanol–water partition coefficient (Wildman–Crippen LogP) is 3.45. The fourth-order valence-electron chi connectivity index (χ4n) is 2.52. The molecule has 0 aliphatic carbocycles. The lowest BCUT2D eigenvalue weighted by atomic mass is 9.98. The van der Waals surface area contributed by atoms with Crippen LogP contribution in [0.15, 0.2) is 41.4 Å². The Morgan fingerprint density at radius 3 is 2.73 bits per heavy atom. The first-order valence-corrected chi connectivity index (χ1v) is 7.26. The first-order valence-electron chi connectivity index (χ1n) is 6.88. The maximum absolute atomic E-state index is 11.9. The molecule has 0 aromatic heterocycles. The molecule has 3 rings (SSSR count). The maximum Gasteiger partial charge on any atom is 0.246 e. The zero-order chi connectivity index (χ0) is 15.7. The Bertz CT molecular complexity index is 784. The highest BCUT2D eigenvalue weighted by Gasteiger charge is 2.21. The molecule has 4 nitrogen and oxygen atoms in total. The van der Waals surface area contributed by atoms with Crippen LogP contribution in [0.1, 0.15) is 16.7 Å². The molecule has 0 saturated heterocycles. The minimum atomic E-state index is -0.158. The second-order valence-corrected chi connectivity index (χ2v) is 5.47. The molecule has 1 heterocycles. The standard InChI is InChI=1S/C17H15ClN2O2/c1-10-7-12-14(8-15(10)22-2)20-16(21)9-19-17(12)11-5-3-4-6-13(11)18/h3-8H,9H2,1-2H3,(H,20,21). The van der Waals surface area contributed by atoms with E-state index in [9.17, 15) is 4.79 Å². The summed E-state index contributed by atoms with van der Waals surface area (Å²) in [6.07, 6.45) is 0. The normalized spacial score (nSPS) is 13.8. The number of amides is 1. The van der Waals surface area contributed by atoms with Crippen molar-refractivity contribution in [3.05, 3.63) is 58.1 Å². The summed E-state index contributed by atoms with van der Waals surface area (Å²) in [7, 11) is 1.61. The average Bonchev–Trinajstić information content (AvgIpc) is 2.65. The Morgan fingerprint density at radius 1 is 1.23 bits per heavy atom. The number of hydrogen-bond acceptors (Lipinski definition) is 3. The molecule has 2 aromatic rings. The third kappa shape index (κ3) is 2.57. The van der Waals surface area contributed by atoms with Gasteiger partial charge in [-0.3, -0.25) is 9.79 Å². The van der Waals surface area contributed by atoms with E-state index in [1.165, 1.54) is 0 Å². The molecule has 1 aliphatic heterocycles. The van der Waals surface area contributed by atoms with Crippen molar-refractivity contribution in [2.24, 2.45) is 4.99 Å². The number of aryl methyl sites for hydroxylation is 1. The van der Waals surface area contributed by atoms with Crippen LogP contribution >= 0.6 is 11.6 Å². The first-order chi connectivity index (χ1) is 10.6. The molecule has 112 valence electrons. The molecule has 1 N–H and O–H groups in total. The summed E-state index contributed by atoms with van der Waals surface area (Å²) in [5, 5.41) is 3.47. The quantitative estimate of drug-likeness (QED) is 0.923. The van der Waals surface area contributed by atoms with Crippen molar-refractivity contribution >= 4 is 28.9 Å². The van der Waals surface area contributed by atoms with Crippen molar-refractivity contribution in [2.45, 2.75) is 6.92 Å². The van der Waals surface area contributed by atoms with E-state index in [0.717, 1.165) is 22.4 Å². The van der Waals surface area contributed by atoms with Gasteiger partial charge in [-0.1, -0.05) is 29.8 Å². The average molecular weight is 315 g/mol. The molecule has 0 atom stereocenters. The van der Waals surface area contributed by atoms with Gasteiger partial charge in [0.2, 0.25) is 5.91 Å². The van der Waals surface area contributed by atoms with E-state index in [2.05, 4.69) is 10.3 Å². The minimum Gasteiger partial charge on any atom is -0.496 e. The number of carbonyl (C=O) groups is 1. The SMILES string of the molecule is COc1cc2c(cc1C)C(c1ccccc1Cl)=NCC(=O)N2. The van der Waals surface area contributed by atoms with Crippen LogP contribution in [0.4, 0.5) is 5.69 Å². The third-order valence-corrected chi connectivity index (χ3v) is 3.90. The summed E-state index contributed by atoms with van der Waals surface area (Å²) < 4.78 is 5.33. The van der Waals surface area contributed by atoms with Gasteiger partial charge in [0.1, 0.15) is 12.3 Å². The number of methoxy groups -OCH3 is 1. The first kappa shape index (κ1) is 14.6. The van der Waals surface area contributed by atoms with Crippen LogP contribution in [-0.2, 0) is 4.79 Å². The van der Waals surface area contributed by atoms with Crippen molar-refractivity contribution in [1.82, 2.24) is 0 Å². The van der Waals surface area contributed by atoms with Gasteiger partial charge in [-0.15, -0.1) is 0 Å². The number of rotatable bonds is 2. The summed E-state index contributed by atoms with van der Waals surface area (Å²) in [5.74, 6) is 0.564. The number of ether oxygens (including phenoxy) is 1. The van der Waals surface area contributed by atoms with Crippen molar-refractivity contribution < 1.29 is 9.53 Å². The lowest BCUT2D eigenvalue weighted by molar-refractivity contribution is -0.114. The highest BCUT2D eigenvalue weighted by atomic mass is 35.5. The molecule has 0 spiro atoms. The van der Waals surface area contributed by atoms with Gasteiger partial charge in [0.15, 0.2) is 0 Å². The van der Waals surface area contributed by atoms with E-state index in [1.54, 1.807) is 7.11 Å². The zero-order valence-electron chi connectivity index (χ0n) is 12.3. The van der Waals surface area contributed by atoms with Gasteiger partial charge in [0.05, 0.1) is 18.5 Å². The molecule has 1 amide bonds. The van der Waals surface area contributed by atoms with Crippen molar-refractivity contribution in [3.8, 4) is 5.75 Å². The Morgan fingerprint density at radius 2 is 2.00 bits per heavy atom. The van der Waals surface area contributed by atoms with Gasteiger partial charge in [-0.2, -0.15) is 0 Å². The molecule has 1 aliphatic rings. The van der Waals surface area contributed by atoms with E-state index >= 15 is 0 Å². The van der Waals surface area contributed by atoms with E-state index in [0.29, 0.717) is 16.4 Å². The Hall–Kier alpha value is -2.33. The molecular weight excluding hydrogens is 300 g/mol. The molecular formula is C17H15ClN2O2. The molecule has 0 bridgehead atoms. The molecule has 0 fully saturated rings. The van der Waals surface area contributed by atoms with Crippen LogP contribution in [0.2, 0.25) is 5.02 Å². The number of benzene rings is 2. The number of nitrogens with one attached hydrogen (secondary N) is 1. The smallest absolute Gasteiger partial charge is 0.246 e. The maximum atomic E-state index is 11.9. The number of anilines is 1. The fraction of sp³-hybridized carbons (Fsp3) is 0.176. The van der Waals surface area contributed by atoms with Gasteiger partial charge >= 0.3 is 0 Å². The largest absolute Gasteiger partial charge is 0.496 e. The zero-order valence-corrected chi connectivity index (χ0v) is 13.1. The van der Waals surface area contributed by atoms with Crippen LogP contribution in [0.25, 0.3) is 0 Å². The van der Waals surface area contributed by atoms with Crippen LogP contribution in [0.3, 0.4) is 0 Å². The van der Waals surface area contributed by atoms with Crippen LogP contribution < -0.4 is 10.1 Å². The van der Waals surface area contributed by atoms with Crippen molar-refractivity contribution in [2.75, 3.05) is 19.0 Å². The van der Waals surface area contributed by atoms with Gasteiger partial charge in [0, 0.05) is 22.2 Å². The van der Waals surface area contributed by atoms with Gasteiger partial charge in [-0.05, 0) is 24.6 Å². The number of halogens is 1. The summed E-state index contributed by atoms with van der Waals surface area (Å²) in [6, 6.07) is 11.3. The molecule has 5 heteroatoms. The molecule has 0 radical (unpaired) electrons. The topological polar surface area (TPSA) is 50.7 Å². The molecule has 0 unspecified atom stereocenters. The van der Waals surface area contributed by atoms with Gasteiger partial charge in [-0.25, -0.2) is 0 Å². The van der Waals surface area contributed by atoms with Crippen molar-refractivity contribution in [1.29, 1.82) is 0 Å². The molecule has 0 saturated carbocycles. The van der Waals surface area contributed by atoms with Crippen LogP contribution in [0, 0.1) is 6.92 Å². The third-order valence-electron chi connectivity index (χ3n) is 3.57. The minimum absolute atomic E-state index is 0.0661. The number of aliphatic imine (C=N–C) groups is 1. The summed E-state index contributed by atoms with van der Waals surface area (Å²) in [6.45, 7) is 2.02. The molecule has 22 heavy (non-hydrogen) atoms. The Kier molecular flexibility index (Phi) is 3.86. The number of nitrogens with zero attached hydrogens (tertiary/aromatic N) is 1. The summed E-state index contributed by atoms with van der Waals surface area (Å²) >= 11 is 6.30. The highest BCUT2D eigenvalue weighted by Crippen LogP contribution is 2.31. The number of benzodiazepines with no additional fused rings is 1. The number of hydrogen-bond donors (Lipinski definition) is 1. The second kappa shape index (κ2) is 5.81. The molecule has 2 aromatic carbocycles. The Balaban J connectivity index is 2.23. The van der Waals surface area contributed by atoms with Crippen LogP contribution in [0.5, 0.6) is 5.75 Å². The summed E-state index contributed by atoms with van der Waals surface area (Å²) in [5.41, 5.74) is 4.02. The van der Waals surface area contributed by atoms with Crippen LogP contribution in [-0.4, -0.2) is 25.3 Å². The second-order valence-electron chi connectivity index (χ2n) is 5.06. The van der Waals surface area contributed by atoms with Gasteiger partial charge in [0.25, 0.3) is 0 Å². The number of carbonyl (C=O) groups excluding carboxylic acids is 1. The Labute approximate surface area is 133 Å². The number of fused-ring (bicyclic) bond motifs is 1. The van der Waals surface area contributed by atoms with E-state index in [1.807, 2.05) is 43.3 Å². The van der Waals surface area contributed by atoms with Gasteiger partial charge < -0.3 is 10.1 Å². The lowest BCUT2D eigenvalue weighted by Crippen LogP contribution is -2.13. The lowest BCUT2D eigenvalue weighted by Gasteiger charge is -2.14. The summed E-state index contributed by atoms with van der Waals surface area (Å²) in [4.78, 5) is 16.4. The van der Waals surface area contributed by atoms with Crippen molar-refractivity contribution in [3.63, 3.8) is 0 Å².